The molecule has 1 unspecified atom stereocenters. The first-order valence-corrected chi connectivity index (χ1v) is 7.90. The molecule has 0 spiro atoms. The van der Waals surface area contributed by atoms with E-state index in [-0.39, 0.29) is 5.54 Å². The van der Waals surface area contributed by atoms with Crippen LogP contribution in [0, 0.1) is 0 Å². The highest BCUT2D eigenvalue weighted by Gasteiger charge is 2.27. The van der Waals surface area contributed by atoms with Crippen LogP contribution in [0.15, 0.2) is 41.2 Å². The van der Waals surface area contributed by atoms with Crippen molar-refractivity contribution in [2.24, 2.45) is 5.73 Å². The Kier molecular flexibility index (Phi) is 5.29. The van der Waals surface area contributed by atoms with Gasteiger partial charge >= 0.3 is 0 Å². The van der Waals surface area contributed by atoms with Crippen molar-refractivity contribution in [2.45, 2.75) is 31.8 Å². The molecule has 0 radical (unpaired) electrons. The minimum atomic E-state index is -0.000538. The van der Waals surface area contributed by atoms with Crippen molar-refractivity contribution >= 4 is 11.3 Å². The van der Waals surface area contributed by atoms with Crippen LogP contribution in [0.1, 0.15) is 24.6 Å². The summed E-state index contributed by atoms with van der Waals surface area (Å²) in [5.74, 6) is 0. The third kappa shape index (κ3) is 3.88. The number of rotatable bonds is 7. The standard InChI is InChI=1S/C16H23N3S/c1-16(12-17,9-8-14-6-4-3-5-7-14)19(2)10-15-11-20-13-18-15/h3-7,11,13H,8-10,12,17H2,1-2H3. The van der Waals surface area contributed by atoms with E-state index in [2.05, 4.69) is 59.6 Å². The molecule has 0 bridgehead atoms. The molecular weight excluding hydrogens is 266 g/mol. The van der Waals surface area contributed by atoms with E-state index < -0.39 is 0 Å². The largest absolute Gasteiger partial charge is 0.329 e. The van der Waals surface area contributed by atoms with Crippen LogP contribution in [-0.2, 0) is 13.0 Å². The fourth-order valence-electron chi connectivity index (χ4n) is 2.26. The number of aryl methyl sites for hydroxylation is 1. The molecule has 3 nitrogen and oxygen atoms in total. The van der Waals surface area contributed by atoms with Crippen molar-refractivity contribution in [1.29, 1.82) is 0 Å². The highest BCUT2D eigenvalue weighted by atomic mass is 32.1. The molecule has 1 atom stereocenters. The molecule has 1 heterocycles. The Morgan fingerprint density at radius 2 is 2.05 bits per heavy atom. The number of nitrogens with zero attached hydrogens (tertiary/aromatic N) is 2. The molecule has 0 aliphatic heterocycles. The molecule has 0 saturated carbocycles. The second kappa shape index (κ2) is 6.97. The molecule has 4 heteroatoms. The minimum Gasteiger partial charge on any atom is -0.329 e. The molecule has 0 aliphatic carbocycles. The van der Waals surface area contributed by atoms with Gasteiger partial charge in [-0.1, -0.05) is 30.3 Å². The summed E-state index contributed by atoms with van der Waals surface area (Å²) >= 11 is 1.64. The number of hydrogen-bond donors (Lipinski definition) is 1. The summed E-state index contributed by atoms with van der Waals surface area (Å²) < 4.78 is 0. The van der Waals surface area contributed by atoms with Gasteiger partial charge in [0.25, 0.3) is 0 Å². The zero-order chi connectivity index (χ0) is 14.4. The first kappa shape index (κ1) is 15.2. The van der Waals surface area contributed by atoms with Crippen molar-refractivity contribution in [3.8, 4) is 0 Å². The molecule has 0 saturated heterocycles. The van der Waals surface area contributed by atoms with Crippen LogP contribution < -0.4 is 5.73 Å². The smallest absolute Gasteiger partial charge is 0.0795 e. The maximum atomic E-state index is 6.04. The van der Waals surface area contributed by atoms with E-state index >= 15 is 0 Å². The predicted octanol–water partition coefficient (Wildman–Crippen LogP) is 2.93. The average Bonchev–Trinajstić information content (AvgIpc) is 2.98. The number of nitrogens with two attached hydrogens (primary N) is 1. The van der Waals surface area contributed by atoms with Gasteiger partial charge in [-0.15, -0.1) is 11.3 Å². The lowest BCUT2D eigenvalue weighted by Crippen LogP contribution is -2.49. The summed E-state index contributed by atoms with van der Waals surface area (Å²) in [6.07, 6.45) is 2.10. The van der Waals surface area contributed by atoms with Crippen molar-refractivity contribution in [3.63, 3.8) is 0 Å². The Labute approximate surface area is 125 Å². The molecule has 20 heavy (non-hydrogen) atoms. The summed E-state index contributed by atoms with van der Waals surface area (Å²) in [5, 5.41) is 2.10. The number of hydrogen-bond acceptors (Lipinski definition) is 4. The van der Waals surface area contributed by atoms with Crippen molar-refractivity contribution in [3.05, 3.63) is 52.5 Å². The first-order valence-electron chi connectivity index (χ1n) is 6.96. The van der Waals surface area contributed by atoms with Gasteiger partial charge in [0.15, 0.2) is 0 Å². The lowest BCUT2D eigenvalue weighted by molar-refractivity contribution is 0.125. The number of thiazole rings is 1. The summed E-state index contributed by atoms with van der Waals surface area (Å²) in [4.78, 5) is 6.68. The van der Waals surface area contributed by atoms with Crippen molar-refractivity contribution in [2.75, 3.05) is 13.6 Å². The molecule has 1 aromatic heterocycles. The molecule has 2 rings (SSSR count). The molecule has 1 aromatic carbocycles. The van der Waals surface area contributed by atoms with E-state index in [9.17, 15) is 0 Å². The molecule has 108 valence electrons. The lowest BCUT2D eigenvalue weighted by atomic mass is 9.91. The van der Waals surface area contributed by atoms with Gasteiger partial charge in [-0.25, -0.2) is 4.98 Å². The van der Waals surface area contributed by atoms with E-state index in [0.717, 1.165) is 25.1 Å². The average molecular weight is 289 g/mol. The van der Waals surface area contributed by atoms with Crippen LogP contribution >= 0.6 is 11.3 Å². The van der Waals surface area contributed by atoms with Gasteiger partial charge in [0.05, 0.1) is 11.2 Å². The highest BCUT2D eigenvalue weighted by Crippen LogP contribution is 2.21. The fourth-order valence-corrected chi connectivity index (χ4v) is 2.81. The molecule has 0 amide bonds. The molecule has 0 aliphatic rings. The van der Waals surface area contributed by atoms with E-state index in [1.165, 1.54) is 5.56 Å². The van der Waals surface area contributed by atoms with Crippen LogP contribution in [0.3, 0.4) is 0 Å². The van der Waals surface area contributed by atoms with Gasteiger partial charge in [-0.05, 0) is 32.4 Å². The summed E-state index contributed by atoms with van der Waals surface area (Å²) in [6, 6.07) is 10.6. The third-order valence-corrected chi connectivity index (χ3v) is 4.67. The Hall–Kier alpha value is -1.23. The highest BCUT2D eigenvalue weighted by molar-refractivity contribution is 7.07. The van der Waals surface area contributed by atoms with Crippen LogP contribution in [-0.4, -0.2) is 29.0 Å². The third-order valence-electron chi connectivity index (χ3n) is 4.04. The second-order valence-corrected chi connectivity index (χ2v) is 6.24. The monoisotopic (exact) mass is 289 g/mol. The number of likely N-dealkylation sites (N-methyl/N-ethyl adjacent to an activating group) is 1. The maximum absolute atomic E-state index is 6.04. The van der Waals surface area contributed by atoms with Gasteiger partial charge in [0, 0.05) is 24.0 Å². The topological polar surface area (TPSA) is 42.2 Å². The second-order valence-electron chi connectivity index (χ2n) is 5.52. The maximum Gasteiger partial charge on any atom is 0.0795 e. The SMILES string of the molecule is CN(Cc1cscn1)C(C)(CN)CCc1ccccc1. The van der Waals surface area contributed by atoms with E-state index in [0.29, 0.717) is 6.54 Å². The van der Waals surface area contributed by atoms with E-state index in [1.807, 2.05) is 5.51 Å². The van der Waals surface area contributed by atoms with Crippen molar-refractivity contribution < 1.29 is 0 Å². The fraction of sp³-hybridized carbons (Fsp3) is 0.438. The Bertz CT molecular complexity index is 498. The zero-order valence-electron chi connectivity index (χ0n) is 12.2. The molecular formula is C16H23N3S. The van der Waals surface area contributed by atoms with Crippen LogP contribution in [0.5, 0.6) is 0 Å². The summed E-state index contributed by atoms with van der Waals surface area (Å²) in [5.41, 5.74) is 10.4. The molecule has 2 N–H and O–H groups in total. The normalized spacial score (nSPS) is 14.4. The van der Waals surface area contributed by atoms with E-state index in [1.54, 1.807) is 11.3 Å². The minimum absolute atomic E-state index is 0.000538. The predicted molar refractivity (Wildman–Crippen MR) is 85.8 cm³/mol. The Morgan fingerprint density at radius 1 is 1.30 bits per heavy atom. The van der Waals surface area contributed by atoms with Gasteiger partial charge in [-0.2, -0.15) is 0 Å². The quantitative estimate of drug-likeness (QED) is 0.852. The van der Waals surface area contributed by atoms with Crippen LogP contribution in [0.2, 0.25) is 0 Å². The summed E-state index contributed by atoms with van der Waals surface area (Å²) in [6.45, 7) is 3.74. The summed E-state index contributed by atoms with van der Waals surface area (Å²) in [7, 11) is 2.14. The first-order chi connectivity index (χ1) is 9.64. The van der Waals surface area contributed by atoms with Gasteiger partial charge in [-0.3, -0.25) is 4.90 Å². The van der Waals surface area contributed by atoms with E-state index in [4.69, 9.17) is 5.73 Å². The van der Waals surface area contributed by atoms with Crippen LogP contribution in [0.4, 0.5) is 0 Å². The molecule has 0 fully saturated rings. The molecule has 2 aromatic rings. The zero-order valence-corrected chi connectivity index (χ0v) is 13.1. The van der Waals surface area contributed by atoms with Crippen molar-refractivity contribution in [1.82, 2.24) is 9.88 Å². The lowest BCUT2D eigenvalue weighted by Gasteiger charge is -2.38. The Balaban J connectivity index is 1.97. The number of aromatic nitrogens is 1. The van der Waals surface area contributed by atoms with Crippen LogP contribution in [0.25, 0.3) is 0 Å². The number of benzene rings is 1. The van der Waals surface area contributed by atoms with Gasteiger partial charge in [0.2, 0.25) is 0 Å². The van der Waals surface area contributed by atoms with Gasteiger partial charge in [0.1, 0.15) is 0 Å². The Morgan fingerprint density at radius 3 is 2.65 bits per heavy atom. The van der Waals surface area contributed by atoms with Gasteiger partial charge < -0.3 is 5.73 Å².